The Balaban J connectivity index is 1.11. The Bertz CT molecular complexity index is 2130. The van der Waals surface area contributed by atoms with Crippen LogP contribution >= 0.6 is 0 Å². The van der Waals surface area contributed by atoms with Gasteiger partial charge in [0.05, 0.1) is 44.7 Å². The first-order chi connectivity index (χ1) is 31.7. The number of hydrogen-bond donors (Lipinski definition) is 0. The average molecular weight is 889 g/mol. The van der Waals surface area contributed by atoms with Gasteiger partial charge < -0.3 is 33.2 Å². The molecule has 1 fully saturated rings. The normalized spacial score (nSPS) is 15.5. The molecule has 3 unspecified atom stereocenters. The summed E-state index contributed by atoms with van der Waals surface area (Å²) in [6.45, 7) is 10.9. The second-order valence-corrected chi connectivity index (χ2v) is 16.2. The second-order valence-electron chi connectivity index (χ2n) is 16.2. The molecular weight excluding hydrogens is 825 g/mol. The van der Waals surface area contributed by atoms with Gasteiger partial charge in [0.25, 0.3) is 0 Å². The molecule has 0 spiro atoms. The van der Waals surface area contributed by atoms with Crippen LogP contribution in [0.4, 0.5) is 0 Å². The van der Waals surface area contributed by atoms with E-state index in [9.17, 15) is 19.2 Å². The highest BCUT2D eigenvalue weighted by Crippen LogP contribution is 2.49. The molecule has 5 rings (SSSR count). The number of carbonyl (C=O) groups excluding carboxylic acids is 4. The molecule has 1 aliphatic carbocycles. The highest BCUT2D eigenvalue weighted by molar-refractivity contribution is 5.91. The Labute approximate surface area is 384 Å². The lowest BCUT2D eigenvalue weighted by molar-refractivity contribution is -0.138. The van der Waals surface area contributed by atoms with Gasteiger partial charge in [-0.05, 0) is 173 Å². The second kappa shape index (κ2) is 27.1. The first-order valence-corrected chi connectivity index (χ1v) is 23.0. The van der Waals surface area contributed by atoms with Crippen LogP contribution in [0.1, 0.15) is 134 Å². The lowest BCUT2D eigenvalue weighted by Gasteiger charge is -2.37. The van der Waals surface area contributed by atoms with Gasteiger partial charge in [-0.2, -0.15) is 0 Å². The van der Waals surface area contributed by atoms with Crippen molar-refractivity contribution >= 4 is 23.9 Å². The third-order valence-electron chi connectivity index (χ3n) is 11.6. The van der Waals surface area contributed by atoms with Crippen molar-refractivity contribution in [1.29, 1.82) is 0 Å². The molecule has 1 aliphatic rings. The van der Waals surface area contributed by atoms with Gasteiger partial charge in [-0.1, -0.05) is 45.1 Å². The quantitative estimate of drug-likeness (QED) is 0.0245. The first-order valence-electron chi connectivity index (χ1n) is 23.0. The van der Waals surface area contributed by atoms with Gasteiger partial charge in [0.1, 0.15) is 28.7 Å². The zero-order chi connectivity index (χ0) is 46.2. The Hall–Kier alpha value is -6.36. The molecule has 0 aromatic heterocycles. The van der Waals surface area contributed by atoms with Gasteiger partial charge >= 0.3 is 23.9 Å². The summed E-state index contributed by atoms with van der Waals surface area (Å²) in [7, 11) is 1.68. The minimum absolute atomic E-state index is 0.179. The molecule has 4 aromatic rings. The molecule has 0 bridgehead atoms. The summed E-state index contributed by atoms with van der Waals surface area (Å²) < 4.78 is 39.3. The smallest absolute Gasteiger partial charge is 0.343 e. The summed E-state index contributed by atoms with van der Waals surface area (Å²) in [5.74, 6) is 2.26. The Morgan fingerprint density at radius 3 is 1.55 bits per heavy atom. The molecular formula is C54H64O11. The zero-order valence-corrected chi connectivity index (χ0v) is 38.0. The fraction of sp³-hybridized carbons (Fsp3) is 0.407. The molecule has 65 heavy (non-hydrogen) atoms. The van der Waals surface area contributed by atoms with Gasteiger partial charge in [-0.25, -0.2) is 19.2 Å². The fourth-order valence-corrected chi connectivity index (χ4v) is 8.17. The van der Waals surface area contributed by atoms with Crippen molar-refractivity contribution in [2.75, 3.05) is 33.5 Å². The topological polar surface area (TPSA) is 133 Å². The van der Waals surface area contributed by atoms with E-state index in [1.54, 1.807) is 61.7 Å². The SMILES string of the molecule is C=CC(=O)OCCCCCCOc1ccc(C(=O)Oc2ccc(C3CCC(CCC)C(c4cc(OC(=O)c5ccc(OCCCCCCOC(=O)C=C)cc5)ccc4OC)C3)cc2)cc1. The molecule has 0 radical (unpaired) electrons. The Morgan fingerprint density at radius 2 is 1.06 bits per heavy atom. The van der Waals surface area contributed by atoms with Crippen molar-refractivity contribution in [3.63, 3.8) is 0 Å². The molecule has 0 saturated heterocycles. The maximum absolute atomic E-state index is 13.3. The summed E-state index contributed by atoms with van der Waals surface area (Å²) in [5.41, 5.74) is 3.06. The molecule has 0 aliphatic heterocycles. The molecule has 3 atom stereocenters. The minimum atomic E-state index is -0.454. The van der Waals surface area contributed by atoms with Crippen molar-refractivity contribution in [3.8, 4) is 28.7 Å². The van der Waals surface area contributed by atoms with E-state index in [4.69, 9.17) is 33.2 Å². The number of hydrogen-bond acceptors (Lipinski definition) is 11. The highest BCUT2D eigenvalue weighted by Gasteiger charge is 2.34. The average Bonchev–Trinajstić information content (AvgIpc) is 3.33. The van der Waals surface area contributed by atoms with Crippen LogP contribution < -0.4 is 23.7 Å². The van der Waals surface area contributed by atoms with Gasteiger partial charge in [-0.3, -0.25) is 0 Å². The van der Waals surface area contributed by atoms with Crippen LogP contribution in [0.15, 0.2) is 116 Å². The number of rotatable bonds is 27. The van der Waals surface area contributed by atoms with Crippen molar-refractivity contribution in [2.24, 2.45) is 5.92 Å². The van der Waals surface area contributed by atoms with Crippen molar-refractivity contribution in [3.05, 3.63) is 139 Å². The number of unbranched alkanes of at least 4 members (excludes halogenated alkanes) is 6. The van der Waals surface area contributed by atoms with E-state index in [0.29, 0.717) is 66.5 Å². The number of methoxy groups -OCH3 is 1. The Kier molecular flexibility index (Phi) is 20.7. The van der Waals surface area contributed by atoms with Crippen molar-refractivity contribution < 1.29 is 52.3 Å². The van der Waals surface area contributed by atoms with Gasteiger partial charge in [0.2, 0.25) is 0 Å². The monoisotopic (exact) mass is 888 g/mol. The third-order valence-corrected chi connectivity index (χ3v) is 11.6. The first kappa shape index (κ1) is 49.7. The number of esters is 4. The van der Waals surface area contributed by atoms with Gasteiger partial charge in [0, 0.05) is 17.7 Å². The molecule has 11 heteroatoms. The maximum Gasteiger partial charge on any atom is 0.343 e. The lowest BCUT2D eigenvalue weighted by Crippen LogP contribution is -2.23. The van der Waals surface area contributed by atoms with Crippen LogP contribution in [0.3, 0.4) is 0 Å². The van der Waals surface area contributed by atoms with E-state index in [1.165, 1.54) is 17.7 Å². The highest BCUT2D eigenvalue weighted by atomic mass is 16.5. The minimum Gasteiger partial charge on any atom is -0.496 e. The third kappa shape index (κ3) is 16.3. The van der Waals surface area contributed by atoms with Crippen LogP contribution in [-0.4, -0.2) is 57.4 Å². The molecule has 11 nitrogen and oxygen atoms in total. The van der Waals surface area contributed by atoms with Crippen LogP contribution in [0.25, 0.3) is 0 Å². The predicted molar refractivity (Wildman–Crippen MR) is 250 cm³/mol. The molecule has 0 amide bonds. The summed E-state index contributed by atoms with van der Waals surface area (Å²) in [4.78, 5) is 48.6. The standard InChI is InChI=1S/C54H64O11/c1-5-16-40-17-18-43(39-19-29-46(30-20-39)64-53(57)41-21-25-44(26-22-41)60-33-12-8-10-14-35-62-51(55)6-2)37-48(40)49-38-47(31-32-50(49)59-4)65-54(58)42-23-27-45(28-24-42)61-34-13-9-11-15-36-63-52(56)7-3/h6-7,19-32,38,40,43,48H,2-3,5,8-18,33-37H2,1,4H3. The van der Waals surface area contributed by atoms with Crippen molar-refractivity contribution in [1.82, 2.24) is 0 Å². The zero-order valence-electron chi connectivity index (χ0n) is 38.0. The van der Waals surface area contributed by atoms with E-state index < -0.39 is 23.9 Å². The number of benzene rings is 4. The maximum atomic E-state index is 13.3. The number of carbonyl (C=O) groups is 4. The van der Waals surface area contributed by atoms with E-state index in [0.717, 1.165) is 94.8 Å². The van der Waals surface area contributed by atoms with Crippen LogP contribution in [0.2, 0.25) is 0 Å². The van der Waals surface area contributed by atoms with Crippen LogP contribution in [0, 0.1) is 5.92 Å². The van der Waals surface area contributed by atoms with Crippen molar-refractivity contribution in [2.45, 2.75) is 102 Å². The number of ether oxygens (including phenoxy) is 7. The summed E-state index contributed by atoms with van der Waals surface area (Å²) >= 11 is 0. The fourth-order valence-electron chi connectivity index (χ4n) is 8.17. The molecule has 0 heterocycles. The summed E-state index contributed by atoms with van der Waals surface area (Å²) in [6, 6.07) is 27.4. The molecule has 346 valence electrons. The van der Waals surface area contributed by atoms with E-state index in [-0.39, 0.29) is 11.8 Å². The van der Waals surface area contributed by atoms with Crippen LogP contribution in [0.5, 0.6) is 28.7 Å². The van der Waals surface area contributed by atoms with Gasteiger partial charge in [-0.15, -0.1) is 0 Å². The molecule has 4 aromatic carbocycles. The van der Waals surface area contributed by atoms with Crippen LogP contribution in [-0.2, 0) is 19.1 Å². The molecule has 0 N–H and O–H groups in total. The predicted octanol–water partition coefficient (Wildman–Crippen LogP) is 11.9. The largest absolute Gasteiger partial charge is 0.496 e. The lowest BCUT2D eigenvalue weighted by atomic mass is 9.68. The van der Waals surface area contributed by atoms with E-state index in [1.807, 2.05) is 24.3 Å². The molecule has 1 saturated carbocycles. The van der Waals surface area contributed by atoms with Gasteiger partial charge in [0.15, 0.2) is 0 Å². The van der Waals surface area contributed by atoms with E-state index in [2.05, 4.69) is 32.2 Å². The van der Waals surface area contributed by atoms with E-state index >= 15 is 0 Å². The Morgan fingerprint density at radius 1 is 0.585 bits per heavy atom. The summed E-state index contributed by atoms with van der Waals surface area (Å²) in [6.07, 6.45) is 14.5. The summed E-state index contributed by atoms with van der Waals surface area (Å²) in [5, 5.41) is 0.